The van der Waals surface area contributed by atoms with Gasteiger partial charge in [0.2, 0.25) is 0 Å². The monoisotopic (exact) mass is 399 g/mol. The average Bonchev–Trinajstić information content (AvgIpc) is 2.78. The molecule has 0 saturated heterocycles. The smallest absolute Gasteiger partial charge is 0.271 e. The molecule has 0 fully saturated rings. The number of hydrogen-bond donors (Lipinski definition) is 0. The number of fused-ring (bicyclic) bond motifs is 1. The number of rotatable bonds is 5. The van der Waals surface area contributed by atoms with Gasteiger partial charge in [0.25, 0.3) is 11.2 Å². The van der Waals surface area contributed by atoms with Crippen molar-refractivity contribution in [3.63, 3.8) is 0 Å². The summed E-state index contributed by atoms with van der Waals surface area (Å²) in [5.41, 5.74) is 1.43. The summed E-state index contributed by atoms with van der Waals surface area (Å²) in [6.07, 6.45) is 3.54. The molecule has 1 heterocycles. The molecule has 7 heteroatoms. The summed E-state index contributed by atoms with van der Waals surface area (Å²) in [5, 5.41) is 11.6. The Hall–Kier alpha value is -4.26. The van der Waals surface area contributed by atoms with Crippen LogP contribution in [-0.2, 0) is 0 Å². The zero-order valence-electron chi connectivity index (χ0n) is 16.1. The molecule has 0 aliphatic heterocycles. The van der Waals surface area contributed by atoms with E-state index in [-0.39, 0.29) is 11.2 Å². The molecule has 0 saturated carbocycles. The number of nitro benzene ring substituents is 1. The zero-order valence-corrected chi connectivity index (χ0v) is 16.1. The van der Waals surface area contributed by atoms with Gasteiger partial charge in [-0.25, -0.2) is 4.98 Å². The molecular weight excluding hydrogens is 382 g/mol. The van der Waals surface area contributed by atoms with E-state index < -0.39 is 4.92 Å². The molecule has 0 N–H and O–H groups in total. The van der Waals surface area contributed by atoms with Gasteiger partial charge in [0, 0.05) is 12.1 Å². The van der Waals surface area contributed by atoms with Crippen LogP contribution in [0.15, 0.2) is 77.6 Å². The van der Waals surface area contributed by atoms with E-state index in [0.717, 1.165) is 11.3 Å². The molecule has 0 atom stereocenters. The molecule has 1 aromatic heterocycles. The maximum atomic E-state index is 13.2. The predicted octanol–water partition coefficient (Wildman–Crippen LogP) is 4.47. The molecular formula is C23H17N3O4. The first-order valence-corrected chi connectivity index (χ1v) is 9.15. The van der Waals surface area contributed by atoms with E-state index in [2.05, 4.69) is 4.98 Å². The van der Waals surface area contributed by atoms with Crippen LogP contribution in [0.1, 0.15) is 11.4 Å². The Morgan fingerprint density at radius 1 is 1.00 bits per heavy atom. The van der Waals surface area contributed by atoms with Crippen molar-refractivity contribution in [1.82, 2.24) is 9.55 Å². The number of nitro groups is 1. The highest BCUT2D eigenvalue weighted by Gasteiger charge is 2.14. The SMILES string of the molecule is COc1ccc(/C=C\c2nc3ccccc3c(=O)n2-c2cccc([N+](=O)[O-])c2)cc1. The van der Waals surface area contributed by atoms with Crippen molar-refractivity contribution >= 4 is 28.7 Å². The fraction of sp³-hybridized carbons (Fsp3) is 0.0435. The number of benzene rings is 3. The Morgan fingerprint density at radius 2 is 1.77 bits per heavy atom. The van der Waals surface area contributed by atoms with E-state index in [4.69, 9.17) is 4.74 Å². The number of hydrogen-bond acceptors (Lipinski definition) is 5. The number of non-ortho nitro benzene ring substituents is 1. The third-order valence-corrected chi connectivity index (χ3v) is 4.64. The molecule has 0 radical (unpaired) electrons. The fourth-order valence-electron chi connectivity index (χ4n) is 3.14. The standard InChI is InChI=1S/C23H17N3O4/c1-30-19-12-9-16(10-13-19)11-14-22-24-21-8-3-2-7-20(21)23(27)25(22)17-5-4-6-18(15-17)26(28)29/h2-15H,1H3/b14-11-. The Bertz CT molecular complexity index is 1320. The largest absolute Gasteiger partial charge is 0.497 e. The lowest BCUT2D eigenvalue weighted by Crippen LogP contribution is -2.22. The molecule has 4 aromatic rings. The average molecular weight is 399 g/mol. The quantitative estimate of drug-likeness (QED) is 0.365. The van der Waals surface area contributed by atoms with Gasteiger partial charge >= 0.3 is 0 Å². The summed E-state index contributed by atoms with van der Waals surface area (Å²) in [6, 6.07) is 20.4. The number of ether oxygens (including phenoxy) is 1. The van der Waals surface area contributed by atoms with Crippen molar-refractivity contribution in [3.8, 4) is 11.4 Å². The minimum Gasteiger partial charge on any atom is -0.497 e. The first kappa shape index (κ1) is 19.1. The van der Waals surface area contributed by atoms with Crippen molar-refractivity contribution in [3.05, 3.63) is 105 Å². The van der Waals surface area contributed by atoms with Crippen molar-refractivity contribution in [1.29, 1.82) is 0 Å². The minimum atomic E-state index is -0.490. The third-order valence-electron chi connectivity index (χ3n) is 4.64. The fourth-order valence-corrected chi connectivity index (χ4v) is 3.14. The van der Waals surface area contributed by atoms with Crippen molar-refractivity contribution < 1.29 is 9.66 Å². The van der Waals surface area contributed by atoms with Gasteiger partial charge in [0.1, 0.15) is 11.6 Å². The topological polar surface area (TPSA) is 87.3 Å². The van der Waals surface area contributed by atoms with E-state index in [1.165, 1.54) is 16.7 Å². The lowest BCUT2D eigenvalue weighted by molar-refractivity contribution is -0.384. The molecule has 4 rings (SSSR count). The molecule has 148 valence electrons. The molecule has 0 amide bonds. The van der Waals surface area contributed by atoms with Crippen LogP contribution < -0.4 is 10.3 Å². The lowest BCUT2D eigenvalue weighted by atomic mass is 10.2. The Labute approximate surface area is 171 Å². The second-order valence-electron chi connectivity index (χ2n) is 6.51. The summed E-state index contributed by atoms with van der Waals surface area (Å²) in [6.45, 7) is 0. The van der Waals surface area contributed by atoms with E-state index >= 15 is 0 Å². The molecule has 30 heavy (non-hydrogen) atoms. The van der Waals surface area contributed by atoms with Crippen LogP contribution in [-0.4, -0.2) is 21.6 Å². The molecule has 0 spiro atoms. The molecule has 0 aliphatic rings. The van der Waals surface area contributed by atoms with Gasteiger partial charge in [-0.05, 0) is 42.0 Å². The highest BCUT2D eigenvalue weighted by Crippen LogP contribution is 2.20. The molecule has 3 aromatic carbocycles. The maximum absolute atomic E-state index is 13.2. The normalized spacial score (nSPS) is 11.1. The van der Waals surface area contributed by atoms with Gasteiger partial charge in [-0.15, -0.1) is 0 Å². The third kappa shape index (κ3) is 3.68. The minimum absolute atomic E-state index is 0.0994. The van der Waals surface area contributed by atoms with Crippen molar-refractivity contribution in [2.45, 2.75) is 0 Å². The van der Waals surface area contributed by atoms with E-state index in [1.807, 2.05) is 36.4 Å². The van der Waals surface area contributed by atoms with Gasteiger partial charge in [0.05, 0.1) is 28.6 Å². The summed E-state index contributed by atoms with van der Waals surface area (Å²) >= 11 is 0. The second kappa shape index (κ2) is 8.00. The summed E-state index contributed by atoms with van der Waals surface area (Å²) < 4.78 is 6.55. The summed E-state index contributed by atoms with van der Waals surface area (Å²) in [5.74, 6) is 1.11. The van der Waals surface area contributed by atoms with Crippen LogP contribution in [0.4, 0.5) is 5.69 Å². The van der Waals surface area contributed by atoms with Gasteiger partial charge in [0.15, 0.2) is 0 Å². The first-order chi connectivity index (χ1) is 14.6. The zero-order chi connectivity index (χ0) is 21.1. The predicted molar refractivity (Wildman–Crippen MR) is 116 cm³/mol. The summed E-state index contributed by atoms with van der Waals surface area (Å²) in [7, 11) is 1.60. The summed E-state index contributed by atoms with van der Waals surface area (Å²) in [4.78, 5) is 28.6. The Morgan fingerprint density at radius 3 is 2.50 bits per heavy atom. The van der Waals surface area contributed by atoms with Crippen LogP contribution in [0.5, 0.6) is 5.75 Å². The van der Waals surface area contributed by atoms with Gasteiger partial charge in [-0.1, -0.05) is 36.4 Å². The van der Waals surface area contributed by atoms with E-state index in [0.29, 0.717) is 22.4 Å². The van der Waals surface area contributed by atoms with Crippen LogP contribution in [0.2, 0.25) is 0 Å². The molecule has 0 unspecified atom stereocenters. The Balaban J connectivity index is 1.90. The number of para-hydroxylation sites is 1. The van der Waals surface area contributed by atoms with Crippen LogP contribution in [0.3, 0.4) is 0 Å². The van der Waals surface area contributed by atoms with Crippen LogP contribution >= 0.6 is 0 Å². The number of methoxy groups -OCH3 is 1. The highest BCUT2D eigenvalue weighted by molar-refractivity contribution is 5.80. The van der Waals surface area contributed by atoms with E-state index in [1.54, 1.807) is 43.5 Å². The van der Waals surface area contributed by atoms with E-state index in [9.17, 15) is 14.9 Å². The maximum Gasteiger partial charge on any atom is 0.271 e. The van der Waals surface area contributed by atoms with Crippen molar-refractivity contribution in [2.24, 2.45) is 0 Å². The van der Waals surface area contributed by atoms with Gasteiger partial charge in [-0.3, -0.25) is 19.5 Å². The highest BCUT2D eigenvalue weighted by atomic mass is 16.6. The second-order valence-corrected chi connectivity index (χ2v) is 6.51. The lowest BCUT2D eigenvalue weighted by Gasteiger charge is -2.11. The number of nitrogens with zero attached hydrogens (tertiary/aromatic N) is 3. The van der Waals surface area contributed by atoms with Crippen LogP contribution in [0, 0.1) is 10.1 Å². The molecule has 0 bridgehead atoms. The first-order valence-electron chi connectivity index (χ1n) is 9.15. The molecule has 0 aliphatic carbocycles. The number of aromatic nitrogens is 2. The van der Waals surface area contributed by atoms with Gasteiger partial charge < -0.3 is 4.74 Å². The Kier molecular flexibility index (Phi) is 5.09. The van der Waals surface area contributed by atoms with Gasteiger partial charge in [-0.2, -0.15) is 0 Å². The molecule has 7 nitrogen and oxygen atoms in total. The van der Waals surface area contributed by atoms with Crippen molar-refractivity contribution in [2.75, 3.05) is 7.11 Å². The van der Waals surface area contributed by atoms with Crippen LogP contribution in [0.25, 0.3) is 28.7 Å².